The lowest BCUT2D eigenvalue weighted by atomic mass is 9.86. The molecule has 4 rings (SSSR count). The smallest absolute Gasteiger partial charge is 0.222 e. The summed E-state index contributed by atoms with van der Waals surface area (Å²) in [6.07, 6.45) is 6.77. The van der Waals surface area contributed by atoms with Crippen LogP contribution in [-0.2, 0) is 17.8 Å². The van der Waals surface area contributed by atoms with Crippen molar-refractivity contribution < 1.29 is 4.79 Å². The summed E-state index contributed by atoms with van der Waals surface area (Å²) in [5, 5.41) is 3.49. The van der Waals surface area contributed by atoms with Crippen molar-refractivity contribution in [3.8, 4) is 0 Å². The maximum absolute atomic E-state index is 12.7. The van der Waals surface area contributed by atoms with Crippen LogP contribution in [0.1, 0.15) is 50.2 Å². The lowest BCUT2D eigenvalue weighted by Crippen LogP contribution is -2.55. The molecule has 3 aliphatic rings. The van der Waals surface area contributed by atoms with Crippen molar-refractivity contribution in [1.82, 2.24) is 15.1 Å². The number of piperidine rings is 1. The third kappa shape index (κ3) is 3.54. The molecule has 0 bridgehead atoms. The number of fused-ring (bicyclic) bond motifs is 1. The Morgan fingerprint density at radius 3 is 2.77 bits per heavy atom. The SMILES string of the molecule is CCC(=O)N1Cc2ccccc2CC2(CCCN2CC2CCNCC2)C1. The molecular formula is C22H33N3O. The predicted molar refractivity (Wildman–Crippen MR) is 105 cm³/mol. The molecule has 1 atom stereocenters. The van der Waals surface area contributed by atoms with Gasteiger partial charge < -0.3 is 10.2 Å². The monoisotopic (exact) mass is 355 g/mol. The number of rotatable bonds is 3. The third-order valence-corrected chi connectivity index (χ3v) is 6.82. The van der Waals surface area contributed by atoms with Crippen molar-refractivity contribution in [3.63, 3.8) is 0 Å². The van der Waals surface area contributed by atoms with Crippen LogP contribution in [0.4, 0.5) is 0 Å². The first kappa shape index (κ1) is 18.0. The average molecular weight is 356 g/mol. The van der Waals surface area contributed by atoms with Gasteiger partial charge in [0.1, 0.15) is 0 Å². The highest BCUT2D eigenvalue weighted by molar-refractivity contribution is 5.76. The van der Waals surface area contributed by atoms with E-state index in [1.54, 1.807) is 0 Å². The van der Waals surface area contributed by atoms with Gasteiger partial charge in [-0.3, -0.25) is 9.69 Å². The highest BCUT2D eigenvalue weighted by Gasteiger charge is 2.45. The molecule has 26 heavy (non-hydrogen) atoms. The lowest BCUT2D eigenvalue weighted by molar-refractivity contribution is -0.133. The van der Waals surface area contributed by atoms with Crippen LogP contribution in [0.5, 0.6) is 0 Å². The minimum Gasteiger partial charge on any atom is -0.337 e. The zero-order valence-electron chi connectivity index (χ0n) is 16.2. The zero-order valence-corrected chi connectivity index (χ0v) is 16.2. The first-order valence-corrected chi connectivity index (χ1v) is 10.5. The second-order valence-corrected chi connectivity index (χ2v) is 8.52. The van der Waals surface area contributed by atoms with Crippen molar-refractivity contribution in [3.05, 3.63) is 35.4 Å². The topological polar surface area (TPSA) is 35.6 Å². The van der Waals surface area contributed by atoms with E-state index in [0.717, 1.165) is 38.5 Å². The van der Waals surface area contributed by atoms with Crippen LogP contribution in [0.25, 0.3) is 0 Å². The Hall–Kier alpha value is -1.39. The van der Waals surface area contributed by atoms with Crippen LogP contribution < -0.4 is 5.32 Å². The fraction of sp³-hybridized carbons (Fsp3) is 0.682. The van der Waals surface area contributed by atoms with Gasteiger partial charge in [-0.2, -0.15) is 0 Å². The van der Waals surface area contributed by atoms with Crippen molar-refractivity contribution in [1.29, 1.82) is 0 Å². The fourth-order valence-corrected chi connectivity index (χ4v) is 5.35. The van der Waals surface area contributed by atoms with E-state index >= 15 is 0 Å². The van der Waals surface area contributed by atoms with Crippen molar-refractivity contribution in [2.75, 3.05) is 32.7 Å². The summed E-state index contributed by atoms with van der Waals surface area (Å²) in [5.74, 6) is 1.11. The molecule has 0 saturated carbocycles. The van der Waals surface area contributed by atoms with Gasteiger partial charge in [-0.1, -0.05) is 31.2 Å². The first-order valence-electron chi connectivity index (χ1n) is 10.5. The third-order valence-electron chi connectivity index (χ3n) is 6.82. The Morgan fingerprint density at radius 2 is 2.00 bits per heavy atom. The van der Waals surface area contributed by atoms with Gasteiger partial charge in [0.25, 0.3) is 0 Å². The summed E-state index contributed by atoms with van der Waals surface area (Å²) in [5.41, 5.74) is 2.94. The van der Waals surface area contributed by atoms with Gasteiger partial charge in [-0.05, 0) is 68.8 Å². The van der Waals surface area contributed by atoms with Gasteiger partial charge in [-0.15, -0.1) is 0 Å². The maximum Gasteiger partial charge on any atom is 0.222 e. The van der Waals surface area contributed by atoms with Gasteiger partial charge in [0.05, 0.1) is 0 Å². The standard InChI is InChI=1S/C22H33N3O/c1-2-21(26)24-16-20-7-4-3-6-19(20)14-22(17-24)10-5-13-25(22)15-18-8-11-23-12-9-18/h3-4,6-7,18,23H,2,5,8-17H2,1H3. The second kappa shape index (κ2) is 7.69. The van der Waals surface area contributed by atoms with Gasteiger partial charge in [0, 0.05) is 31.6 Å². The molecule has 2 saturated heterocycles. The Bertz CT molecular complexity index is 640. The Labute approximate surface area is 157 Å². The number of hydrogen-bond donors (Lipinski definition) is 1. The number of hydrogen-bond acceptors (Lipinski definition) is 3. The molecular weight excluding hydrogens is 322 g/mol. The zero-order chi connectivity index (χ0) is 18.0. The molecule has 1 N–H and O–H groups in total. The maximum atomic E-state index is 12.7. The van der Waals surface area contributed by atoms with E-state index in [9.17, 15) is 4.79 Å². The van der Waals surface area contributed by atoms with E-state index in [-0.39, 0.29) is 5.54 Å². The molecule has 4 heteroatoms. The van der Waals surface area contributed by atoms with Crippen molar-refractivity contribution in [2.24, 2.45) is 5.92 Å². The number of carbonyl (C=O) groups excluding carboxylic acids is 1. The molecule has 4 nitrogen and oxygen atoms in total. The minimum absolute atomic E-state index is 0.141. The van der Waals surface area contributed by atoms with E-state index in [0.29, 0.717) is 12.3 Å². The van der Waals surface area contributed by atoms with Crippen molar-refractivity contribution in [2.45, 2.75) is 57.5 Å². The second-order valence-electron chi connectivity index (χ2n) is 8.52. The summed E-state index contributed by atoms with van der Waals surface area (Å²) in [6, 6.07) is 8.79. The molecule has 0 radical (unpaired) electrons. The highest BCUT2D eigenvalue weighted by atomic mass is 16.2. The van der Waals surface area contributed by atoms with E-state index in [2.05, 4.69) is 39.4 Å². The van der Waals surface area contributed by atoms with Gasteiger partial charge >= 0.3 is 0 Å². The van der Waals surface area contributed by atoms with Gasteiger partial charge in [0.2, 0.25) is 5.91 Å². The van der Waals surface area contributed by atoms with E-state index < -0.39 is 0 Å². The summed E-state index contributed by atoms with van der Waals surface area (Å²) in [6.45, 7) is 8.40. The van der Waals surface area contributed by atoms with Gasteiger partial charge in [-0.25, -0.2) is 0 Å². The van der Waals surface area contributed by atoms with Crippen LogP contribution in [-0.4, -0.2) is 54.0 Å². The summed E-state index contributed by atoms with van der Waals surface area (Å²) in [7, 11) is 0. The van der Waals surface area contributed by atoms with Crippen LogP contribution in [0.2, 0.25) is 0 Å². The number of amides is 1. The first-order chi connectivity index (χ1) is 12.7. The number of benzene rings is 1. The Kier molecular flexibility index (Phi) is 5.32. The quantitative estimate of drug-likeness (QED) is 0.906. The number of nitrogens with one attached hydrogen (secondary N) is 1. The van der Waals surface area contributed by atoms with E-state index in [1.807, 2.05) is 6.92 Å². The molecule has 1 aromatic rings. The molecule has 1 aromatic carbocycles. The number of nitrogens with zero attached hydrogens (tertiary/aromatic N) is 2. The number of likely N-dealkylation sites (tertiary alicyclic amines) is 1. The van der Waals surface area contributed by atoms with Crippen molar-refractivity contribution >= 4 is 5.91 Å². The van der Waals surface area contributed by atoms with Crippen LogP contribution in [0, 0.1) is 5.92 Å². The Balaban J connectivity index is 1.62. The fourth-order valence-electron chi connectivity index (χ4n) is 5.35. The molecule has 142 valence electrons. The van der Waals surface area contributed by atoms with Crippen LogP contribution in [0.3, 0.4) is 0 Å². The summed E-state index contributed by atoms with van der Waals surface area (Å²) < 4.78 is 0. The van der Waals surface area contributed by atoms with E-state index in [1.165, 1.54) is 49.9 Å². The normalized spacial score (nSPS) is 27.5. The molecule has 0 aliphatic carbocycles. The molecule has 1 spiro atoms. The summed E-state index contributed by atoms with van der Waals surface area (Å²) in [4.78, 5) is 17.6. The Morgan fingerprint density at radius 1 is 1.23 bits per heavy atom. The number of carbonyl (C=O) groups is 1. The lowest BCUT2D eigenvalue weighted by Gasteiger charge is -2.42. The van der Waals surface area contributed by atoms with Crippen LogP contribution >= 0.6 is 0 Å². The van der Waals surface area contributed by atoms with Crippen LogP contribution in [0.15, 0.2) is 24.3 Å². The molecule has 2 fully saturated rings. The molecule has 0 aromatic heterocycles. The molecule has 3 heterocycles. The molecule has 1 amide bonds. The van der Waals surface area contributed by atoms with Gasteiger partial charge in [0.15, 0.2) is 0 Å². The molecule has 1 unspecified atom stereocenters. The summed E-state index contributed by atoms with van der Waals surface area (Å²) >= 11 is 0. The minimum atomic E-state index is 0.141. The average Bonchev–Trinajstić information content (AvgIpc) is 2.95. The van der Waals surface area contributed by atoms with E-state index in [4.69, 9.17) is 0 Å². The predicted octanol–water partition coefficient (Wildman–Crippen LogP) is 2.82. The highest BCUT2D eigenvalue weighted by Crippen LogP contribution is 2.38. The largest absolute Gasteiger partial charge is 0.337 e. The molecule has 3 aliphatic heterocycles.